The fourth-order valence-corrected chi connectivity index (χ4v) is 5.69. The van der Waals surface area contributed by atoms with Crippen molar-refractivity contribution in [1.82, 2.24) is 25.1 Å². The van der Waals surface area contributed by atoms with Gasteiger partial charge in [-0.2, -0.15) is 0 Å². The summed E-state index contributed by atoms with van der Waals surface area (Å²) in [7, 11) is 0. The maximum Gasteiger partial charge on any atom is 0.276 e. The Kier molecular flexibility index (Phi) is 6.31. The molecule has 4 aromatic rings. The number of aromatic amines is 1. The van der Waals surface area contributed by atoms with Crippen molar-refractivity contribution in [2.75, 3.05) is 53.6 Å². The molecule has 12 heteroatoms. The van der Waals surface area contributed by atoms with Crippen LogP contribution in [0.2, 0.25) is 0 Å². The van der Waals surface area contributed by atoms with Gasteiger partial charge in [-0.15, -0.1) is 0 Å². The number of anilines is 4. The lowest BCUT2D eigenvalue weighted by atomic mass is 9.89. The number of carbonyl (C=O) groups is 2. The first-order chi connectivity index (χ1) is 18.9. The number of piperidine rings is 1. The number of nitrogen functional groups attached to an aromatic ring is 1. The molecule has 12 nitrogen and oxygen atoms in total. The number of amides is 2. The average molecular weight is 529 g/mol. The van der Waals surface area contributed by atoms with Gasteiger partial charge in [-0.3, -0.25) is 19.3 Å². The van der Waals surface area contributed by atoms with Crippen LogP contribution in [-0.2, 0) is 4.79 Å². The third kappa shape index (κ3) is 4.74. The molecular weight excluding hydrogens is 496 g/mol. The topological polar surface area (TPSA) is 163 Å². The van der Waals surface area contributed by atoms with Gasteiger partial charge in [-0.05, 0) is 30.2 Å². The van der Waals surface area contributed by atoms with Crippen molar-refractivity contribution in [3.8, 4) is 0 Å². The number of piperazine rings is 1. The second kappa shape index (κ2) is 9.95. The lowest BCUT2D eigenvalue weighted by Gasteiger charge is -2.43. The largest absolute Gasteiger partial charge is 0.397 e. The van der Waals surface area contributed by atoms with E-state index < -0.39 is 5.91 Å². The van der Waals surface area contributed by atoms with Gasteiger partial charge in [0.15, 0.2) is 5.69 Å². The molecule has 0 aliphatic carbocycles. The van der Waals surface area contributed by atoms with Gasteiger partial charge in [0.05, 0.1) is 41.4 Å². The van der Waals surface area contributed by atoms with Crippen LogP contribution in [0.15, 0.2) is 55.1 Å². The molecule has 1 aromatic carbocycles. The Morgan fingerprint density at radius 2 is 2.03 bits per heavy atom. The van der Waals surface area contributed by atoms with Crippen LogP contribution in [0.25, 0.3) is 10.9 Å². The van der Waals surface area contributed by atoms with E-state index in [9.17, 15) is 9.59 Å². The van der Waals surface area contributed by atoms with Crippen LogP contribution < -0.4 is 31.9 Å². The van der Waals surface area contributed by atoms with Gasteiger partial charge in [0.1, 0.15) is 0 Å². The van der Waals surface area contributed by atoms with Gasteiger partial charge in [-0.1, -0.05) is 13.0 Å². The molecule has 2 fully saturated rings. The number of hydrogen-bond donors (Lipinski definition) is 5. The first-order valence-corrected chi connectivity index (χ1v) is 13.1. The molecule has 202 valence electrons. The number of benzene rings is 1. The Bertz CT molecular complexity index is 1510. The maximum absolute atomic E-state index is 13.4. The second-order valence-electron chi connectivity index (χ2n) is 10.3. The smallest absolute Gasteiger partial charge is 0.276 e. The number of nitrogens with two attached hydrogens (primary N) is 2. The molecule has 5 heterocycles. The van der Waals surface area contributed by atoms with Crippen molar-refractivity contribution in [3.63, 3.8) is 0 Å². The number of aromatic nitrogens is 4. The number of H-pyrrole nitrogens is 1. The molecule has 0 spiro atoms. The molecule has 2 amide bonds. The highest BCUT2D eigenvalue weighted by Crippen LogP contribution is 2.34. The van der Waals surface area contributed by atoms with Crippen LogP contribution in [0, 0.1) is 5.92 Å². The molecule has 0 radical (unpaired) electrons. The van der Waals surface area contributed by atoms with Crippen molar-refractivity contribution >= 4 is 45.5 Å². The van der Waals surface area contributed by atoms with Gasteiger partial charge >= 0.3 is 0 Å². The Morgan fingerprint density at radius 3 is 2.77 bits per heavy atom. The first-order valence-electron chi connectivity index (χ1n) is 13.1. The standard InChI is InChI=1S/C27H32N10O2/c1-16-13-36(14-20(29)26(16)37-9-7-32-37)23-4-5-30-12-22(23)34-27(39)25-19(28)10-17-2-3-18(11-21(17)33-25)35-8-6-31-24(38)15-35/h2-5,7,9-12,16,20,26,32H,6,8,13-15,28-29H2,1H3,(H,31,38)(H,34,39)/t16-,20+,26-/m0/s1. The molecule has 0 saturated carbocycles. The van der Waals surface area contributed by atoms with E-state index in [2.05, 4.69) is 42.2 Å². The highest BCUT2D eigenvalue weighted by Gasteiger charge is 2.35. The lowest BCUT2D eigenvalue weighted by Crippen LogP contribution is -2.54. The van der Waals surface area contributed by atoms with E-state index >= 15 is 0 Å². The Labute approximate surface area is 225 Å². The fourth-order valence-electron chi connectivity index (χ4n) is 5.69. The highest BCUT2D eigenvalue weighted by molar-refractivity contribution is 6.09. The second-order valence-corrected chi connectivity index (χ2v) is 10.3. The molecule has 39 heavy (non-hydrogen) atoms. The zero-order valence-corrected chi connectivity index (χ0v) is 21.7. The molecule has 2 aliphatic heterocycles. The van der Waals surface area contributed by atoms with Crippen LogP contribution in [-0.4, -0.2) is 70.3 Å². The summed E-state index contributed by atoms with van der Waals surface area (Å²) in [5, 5.41) is 9.80. The molecule has 3 atom stereocenters. The van der Waals surface area contributed by atoms with Gasteiger partial charge < -0.3 is 37.0 Å². The SMILES string of the molecule is C[C@H]1CN(c2ccncc2NC(=O)c2nc3cc(N4CCNC(=O)C4)ccc3cc2N)C[C@@H](N)[C@H]1n1cc[nH]1. The monoisotopic (exact) mass is 528 g/mol. The van der Waals surface area contributed by atoms with Gasteiger partial charge in [0, 0.05) is 61.9 Å². The van der Waals surface area contributed by atoms with E-state index in [0.29, 0.717) is 30.8 Å². The van der Waals surface area contributed by atoms with Gasteiger partial charge in [-0.25, -0.2) is 4.98 Å². The number of pyridine rings is 2. The lowest BCUT2D eigenvalue weighted by molar-refractivity contribution is -0.120. The van der Waals surface area contributed by atoms with E-state index in [0.717, 1.165) is 23.3 Å². The van der Waals surface area contributed by atoms with E-state index in [1.54, 1.807) is 18.5 Å². The van der Waals surface area contributed by atoms with Crippen LogP contribution in [0.5, 0.6) is 0 Å². The molecule has 2 saturated heterocycles. The molecule has 3 aromatic heterocycles. The fraction of sp³-hybridized carbons (Fsp3) is 0.333. The maximum atomic E-state index is 13.4. The first kappa shape index (κ1) is 24.7. The number of nitrogens with one attached hydrogen (secondary N) is 3. The minimum Gasteiger partial charge on any atom is -0.397 e. The molecule has 0 unspecified atom stereocenters. The summed E-state index contributed by atoms with van der Waals surface area (Å²) in [6.07, 6.45) is 7.23. The van der Waals surface area contributed by atoms with E-state index in [4.69, 9.17) is 11.5 Å². The van der Waals surface area contributed by atoms with Crippen LogP contribution in [0.4, 0.5) is 22.7 Å². The normalized spacial score (nSPS) is 21.7. The number of fused-ring (bicyclic) bond motifs is 1. The molecule has 0 bridgehead atoms. The Hall–Kier alpha value is -4.58. The van der Waals surface area contributed by atoms with Crippen molar-refractivity contribution in [2.24, 2.45) is 11.7 Å². The average Bonchev–Trinajstić information content (AvgIpc) is 2.89. The van der Waals surface area contributed by atoms with Gasteiger partial charge in [0.25, 0.3) is 5.91 Å². The van der Waals surface area contributed by atoms with E-state index in [-0.39, 0.29) is 41.8 Å². The van der Waals surface area contributed by atoms with Crippen LogP contribution >= 0.6 is 0 Å². The molecule has 2 aliphatic rings. The summed E-state index contributed by atoms with van der Waals surface area (Å²) in [5.74, 6) is -0.165. The predicted molar refractivity (Wildman–Crippen MR) is 151 cm³/mol. The molecule has 6 rings (SSSR count). The Balaban J connectivity index is 1.24. The quantitative estimate of drug-likeness (QED) is 0.260. The molecule has 7 N–H and O–H groups in total. The summed E-state index contributed by atoms with van der Waals surface area (Å²) in [5.41, 5.74) is 16.2. The summed E-state index contributed by atoms with van der Waals surface area (Å²) < 4.78 is 2.06. The zero-order chi connectivity index (χ0) is 27.1. The van der Waals surface area contributed by atoms with Crippen molar-refractivity contribution < 1.29 is 9.59 Å². The summed E-state index contributed by atoms with van der Waals surface area (Å²) in [6.45, 7) is 5.14. The molecular formula is C27H32N10O2. The van der Waals surface area contributed by atoms with E-state index in [1.807, 2.05) is 41.6 Å². The van der Waals surface area contributed by atoms with E-state index in [1.165, 1.54) is 0 Å². The van der Waals surface area contributed by atoms with Crippen LogP contribution in [0.3, 0.4) is 0 Å². The predicted octanol–water partition coefficient (Wildman–Crippen LogP) is 1.55. The number of carbonyl (C=O) groups excluding carboxylic acids is 2. The van der Waals surface area contributed by atoms with Crippen molar-refractivity contribution in [3.05, 3.63) is 60.8 Å². The highest BCUT2D eigenvalue weighted by atomic mass is 16.2. The minimum absolute atomic E-state index is 0.0208. The summed E-state index contributed by atoms with van der Waals surface area (Å²) in [4.78, 5) is 38.3. The number of nitrogens with zero attached hydrogens (tertiary/aromatic N) is 5. The minimum atomic E-state index is -0.423. The number of hydrogen-bond acceptors (Lipinski definition) is 8. The Morgan fingerprint density at radius 1 is 1.18 bits per heavy atom. The third-order valence-corrected chi connectivity index (χ3v) is 7.58. The summed E-state index contributed by atoms with van der Waals surface area (Å²) in [6, 6.07) is 9.44. The zero-order valence-electron chi connectivity index (χ0n) is 21.7. The number of rotatable bonds is 5. The van der Waals surface area contributed by atoms with Crippen molar-refractivity contribution in [2.45, 2.75) is 19.0 Å². The van der Waals surface area contributed by atoms with Crippen molar-refractivity contribution in [1.29, 1.82) is 0 Å². The third-order valence-electron chi connectivity index (χ3n) is 7.58. The van der Waals surface area contributed by atoms with Crippen LogP contribution in [0.1, 0.15) is 23.5 Å². The summed E-state index contributed by atoms with van der Waals surface area (Å²) >= 11 is 0. The van der Waals surface area contributed by atoms with Gasteiger partial charge in [0.2, 0.25) is 5.91 Å².